The first-order valence-corrected chi connectivity index (χ1v) is 12.2. The Morgan fingerprint density at radius 1 is 1.17 bits per heavy atom. The standard InChI is InChI=1S/C27H30N4O3.C2H6/c1-19-6-10-22(11-7-19)27(3)17-34-16-26(32)31(27)25(28-4)13-9-21-8-12-23(24(14-21)33-5)30-15-20(2)29-18-30;1-2/h6-15,18H,16-17H2,1-5H3;1-2H3/b13-9+,28-25?;. The molecule has 0 spiro atoms. The maximum absolute atomic E-state index is 13.0. The van der Waals surface area contributed by atoms with Crippen molar-refractivity contribution in [1.82, 2.24) is 14.5 Å². The zero-order valence-corrected chi connectivity index (χ0v) is 22.3. The molecule has 2 aromatic carbocycles. The van der Waals surface area contributed by atoms with E-state index < -0.39 is 5.54 Å². The van der Waals surface area contributed by atoms with E-state index in [1.54, 1.807) is 25.4 Å². The predicted octanol–water partition coefficient (Wildman–Crippen LogP) is 5.34. The molecule has 0 N–H and O–H groups in total. The van der Waals surface area contributed by atoms with E-state index in [4.69, 9.17) is 9.47 Å². The van der Waals surface area contributed by atoms with Gasteiger partial charge in [0.2, 0.25) is 0 Å². The number of aliphatic imine (C=N–C) groups is 1. The Morgan fingerprint density at radius 3 is 2.50 bits per heavy atom. The number of nitrogens with zero attached hydrogens (tertiary/aromatic N) is 4. The number of hydrogen-bond donors (Lipinski definition) is 0. The third-order valence-corrected chi connectivity index (χ3v) is 6.10. The van der Waals surface area contributed by atoms with Crippen molar-refractivity contribution < 1.29 is 14.3 Å². The lowest BCUT2D eigenvalue weighted by Crippen LogP contribution is -2.57. The molecule has 1 fully saturated rings. The van der Waals surface area contributed by atoms with Crippen molar-refractivity contribution in [3.8, 4) is 11.4 Å². The van der Waals surface area contributed by atoms with Gasteiger partial charge in [-0.05, 0) is 50.1 Å². The molecule has 4 rings (SSSR count). The van der Waals surface area contributed by atoms with Crippen LogP contribution in [0.3, 0.4) is 0 Å². The van der Waals surface area contributed by atoms with E-state index in [1.807, 2.05) is 100.0 Å². The number of aromatic nitrogens is 2. The molecule has 1 aromatic heterocycles. The summed E-state index contributed by atoms with van der Waals surface area (Å²) in [5, 5.41) is 0. The van der Waals surface area contributed by atoms with Gasteiger partial charge in [-0.3, -0.25) is 14.7 Å². The first-order chi connectivity index (χ1) is 17.4. The number of hydrogen-bond acceptors (Lipinski definition) is 5. The van der Waals surface area contributed by atoms with Crippen LogP contribution in [-0.4, -0.2) is 53.6 Å². The van der Waals surface area contributed by atoms with Crippen LogP contribution >= 0.6 is 0 Å². The van der Waals surface area contributed by atoms with Crippen molar-refractivity contribution in [3.63, 3.8) is 0 Å². The third kappa shape index (κ3) is 5.57. The van der Waals surface area contributed by atoms with Crippen molar-refractivity contribution in [2.75, 3.05) is 27.4 Å². The van der Waals surface area contributed by atoms with Crippen LogP contribution in [0, 0.1) is 13.8 Å². The first-order valence-electron chi connectivity index (χ1n) is 12.2. The highest BCUT2D eigenvalue weighted by atomic mass is 16.5. The normalized spacial score (nSPS) is 18.2. The van der Waals surface area contributed by atoms with Crippen LogP contribution < -0.4 is 4.74 Å². The molecule has 0 aliphatic carbocycles. The average Bonchev–Trinajstić information content (AvgIpc) is 3.33. The number of aryl methyl sites for hydroxylation is 2. The van der Waals surface area contributed by atoms with Gasteiger partial charge >= 0.3 is 0 Å². The summed E-state index contributed by atoms with van der Waals surface area (Å²) in [6, 6.07) is 14.1. The smallest absolute Gasteiger partial charge is 0.255 e. The minimum Gasteiger partial charge on any atom is -0.495 e. The molecule has 1 saturated heterocycles. The second-order valence-electron chi connectivity index (χ2n) is 8.63. The minimum atomic E-state index is -0.664. The van der Waals surface area contributed by atoms with Crippen molar-refractivity contribution >= 4 is 17.8 Å². The summed E-state index contributed by atoms with van der Waals surface area (Å²) in [6.45, 7) is 10.4. The number of carbonyl (C=O) groups is 1. The van der Waals surface area contributed by atoms with Gasteiger partial charge in [0.1, 0.15) is 18.2 Å². The predicted molar refractivity (Wildman–Crippen MR) is 145 cm³/mol. The highest BCUT2D eigenvalue weighted by molar-refractivity contribution is 6.07. The molecule has 1 amide bonds. The molecule has 36 heavy (non-hydrogen) atoms. The van der Waals surface area contributed by atoms with Gasteiger partial charge in [0.05, 0.1) is 37.0 Å². The van der Waals surface area contributed by atoms with E-state index in [9.17, 15) is 4.79 Å². The number of benzene rings is 2. The zero-order valence-electron chi connectivity index (χ0n) is 22.3. The maximum Gasteiger partial charge on any atom is 0.255 e. The number of imidazole rings is 1. The molecule has 0 bridgehead atoms. The molecule has 1 unspecified atom stereocenters. The Hall–Kier alpha value is -3.71. The quantitative estimate of drug-likeness (QED) is 0.359. The van der Waals surface area contributed by atoms with Gasteiger partial charge in [-0.1, -0.05) is 55.8 Å². The fraction of sp³-hybridized carbons (Fsp3) is 0.345. The van der Waals surface area contributed by atoms with Gasteiger partial charge in [0.15, 0.2) is 0 Å². The topological polar surface area (TPSA) is 69.0 Å². The lowest BCUT2D eigenvalue weighted by atomic mass is 9.88. The molecule has 7 nitrogen and oxygen atoms in total. The third-order valence-electron chi connectivity index (χ3n) is 6.10. The van der Waals surface area contributed by atoms with Crippen LogP contribution in [-0.2, 0) is 15.1 Å². The average molecular weight is 489 g/mol. The number of carbonyl (C=O) groups excluding carboxylic acids is 1. The van der Waals surface area contributed by atoms with Crippen LogP contribution in [0.4, 0.5) is 0 Å². The van der Waals surface area contributed by atoms with Gasteiger partial charge in [-0.25, -0.2) is 4.98 Å². The molecule has 7 heteroatoms. The second kappa shape index (κ2) is 11.8. The van der Waals surface area contributed by atoms with Gasteiger partial charge in [-0.2, -0.15) is 0 Å². The van der Waals surface area contributed by atoms with E-state index in [2.05, 4.69) is 9.98 Å². The van der Waals surface area contributed by atoms with Crippen LogP contribution in [0.1, 0.15) is 43.2 Å². The van der Waals surface area contributed by atoms with Crippen LogP contribution in [0.25, 0.3) is 11.8 Å². The Labute approximate surface area is 214 Å². The van der Waals surface area contributed by atoms with E-state index in [0.717, 1.165) is 33.8 Å². The number of methoxy groups -OCH3 is 1. The number of morpholine rings is 1. The summed E-state index contributed by atoms with van der Waals surface area (Å²) < 4.78 is 13.2. The van der Waals surface area contributed by atoms with Crippen molar-refractivity contribution in [2.24, 2.45) is 4.99 Å². The Morgan fingerprint density at radius 2 is 1.89 bits per heavy atom. The van der Waals surface area contributed by atoms with E-state index >= 15 is 0 Å². The molecule has 1 aliphatic heterocycles. The number of amidine groups is 1. The molecule has 190 valence electrons. The SMILES string of the molecule is CC.CN=C(/C=C/c1ccc(-n2cnc(C)c2)c(OC)c1)N1C(=O)COCC1(C)c1ccc(C)cc1. The number of amides is 1. The number of rotatable bonds is 5. The van der Waals surface area contributed by atoms with Crippen LogP contribution in [0.15, 0.2) is 66.1 Å². The highest BCUT2D eigenvalue weighted by Gasteiger charge is 2.42. The molecular formula is C29H36N4O3. The van der Waals surface area contributed by atoms with Crippen LogP contribution in [0.5, 0.6) is 5.75 Å². The van der Waals surface area contributed by atoms with Crippen LogP contribution in [0.2, 0.25) is 0 Å². The Balaban J connectivity index is 0.00000176. The molecule has 0 radical (unpaired) electrons. The van der Waals surface area contributed by atoms with Crippen molar-refractivity contribution in [3.05, 3.63) is 83.4 Å². The number of ether oxygens (including phenoxy) is 2. The molecule has 2 heterocycles. The van der Waals surface area contributed by atoms with Gasteiger partial charge < -0.3 is 14.0 Å². The second-order valence-corrected chi connectivity index (χ2v) is 8.63. The van der Waals surface area contributed by atoms with E-state index in [-0.39, 0.29) is 12.5 Å². The summed E-state index contributed by atoms with van der Waals surface area (Å²) in [5.41, 5.74) is 4.26. The van der Waals surface area contributed by atoms with Crippen molar-refractivity contribution in [2.45, 2.75) is 40.2 Å². The highest BCUT2D eigenvalue weighted by Crippen LogP contribution is 2.33. The summed E-state index contributed by atoms with van der Waals surface area (Å²) in [5.74, 6) is 1.18. The lowest BCUT2D eigenvalue weighted by molar-refractivity contribution is -0.148. The fourth-order valence-corrected chi connectivity index (χ4v) is 4.23. The largest absolute Gasteiger partial charge is 0.495 e. The minimum absolute atomic E-state index is 0.0289. The Kier molecular flexibility index (Phi) is 8.83. The van der Waals surface area contributed by atoms with E-state index in [1.165, 1.54) is 0 Å². The first kappa shape index (κ1) is 26.9. The molecular weight excluding hydrogens is 452 g/mol. The van der Waals surface area contributed by atoms with E-state index in [0.29, 0.717) is 12.4 Å². The van der Waals surface area contributed by atoms with Crippen molar-refractivity contribution in [1.29, 1.82) is 0 Å². The molecule has 1 aliphatic rings. The molecule has 1 atom stereocenters. The Bertz CT molecular complexity index is 1240. The zero-order chi connectivity index (χ0) is 26.3. The summed E-state index contributed by atoms with van der Waals surface area (Å²) >= 11 is 0. The monoisotopic (exact) mass is 488 g/mol. The summed E-state index contributed by atoms with van der Waals surface area (Å²) in [4.78, 5) is 23.5. The van der Waals surface area contributed by atoms with Gasteiger partial charge in [0, 0.05) is 13.2 Å². The summed E-state index contributed by atoms with van der Waals surface area (Å²) in [7, 11) is 3.34. The molecule has 0 saturated carbocycles. The fourth-order valence-electron chi connectivity index (χ4n) is 4.23. The van der Waals surface area contributed by atoms with Gasteiger partial charge in [0.25, 0.3) is 5.91 Å². The maximum atomic E-state index is 13.0. The lowest BCUT2D eigenvalue weighted by Gasteiger charge is -2.44. The van der Waals surface area contributed by atoms with Gasteiger partial charge in [-0.15, -0.1) is 0 Å². The summed E-state index contributed by atoms with van der Waals surface area (Å²) in [6.07, 6.45) is 7.52. The molecule has 3 aromatic rings.